The van der Waals surface area contributed by atoms with Crippen LogP contribution in [0.15, 0.2) is 48.5 Å². The zero-order valence-electron chi connectivity index (χ0n) is 10.9. The number of benzene rings is 2. The van der Waals surface area contributed by atoms with Crippen LogP contribution in [0.4, 0.5) is 5.69 Å². The molecule has 0 aliphatic carbocycles. The van der Waals surface area contributed by atoms with E-state index in [1.165, 1.54) is 0 Å². The van der Waals surface area contributed by atoms with Crippen molar-refractivity contribution >= 4 is 11.5 Å². The van der Waals surface area contributed by atoms with Gasteiger partial charge in [-0.15, -0.1) is 0 Å². The summed E-state index contributed by atoms with van der Waals surface area (Å²) in [6.07, 6.45) is 0.517. The van der Waals surface area contributed by atoms with Crippen molar-refractivity contribution in [3.63, 3.8) is 0 Å². The summed E-state index contributed by atoms with van der Waals surface area (Å²) in [4.78, 5) is 11.5. The number of rotatable bonds is 5. The summed E-state index contributed by atoms with van der Waals surface area (Å²) in [6.45, 7) is 2.32. The Balaban J connectivity index is 1.98. The van der Waals surface area contributed by atoms with Gasteiger partial charge in [-0.1, -0.05) is 19.1 Å². The molecule has 0 bridgehead atoms. The molecular formula is C16H17NO2. The van der Waals surface area contributed by atoms with Crippen molar-refractivity contribution < 1.29 is 9.53 Å². The van der Waals surface area contributed by atoms with Crippen LogP contribution in [0.25, 0.3) is 0 Å². The average Bonchev–Trinajstić information content (AvgIpc) is 2.45. The van der Waals surface area contributed by atoms with Crippen LogP contribution in [-0.2, 0) is 6.61 Å². The van der Waals surface area contributed by atoms with Crippen molar-refractivity contribution in [2.45, 2.75) is 20.0 Å². The van der Waals surface area contributed by atoms with Gasteiger partial charge in [0.25, 0.3) is 0 Å². The maximum absolute atomic E-state index is 11.5. The Morgan fingerprint density at radius 2 is 1.89 bits per heavy atom. The number of ether oxygens (including phenoxy) is 1. The maximum atomic E-state index is 11.5. The van der Waals surface area contributed by atoms with Crippen LogP contribution in [0, 0.1) is 0 Å². The minimum Gasteiger partial charge on any atom is -0.489 e. The lowest BCUT2D eigenvalue weighted by Crippen LogP contribution is -1.98. The van der Waals surface area contributed by atoms with Gasteiger partial charge in [-0.05, 0) is 42.0 Å². The van der Waals surface area contributed by atoms with Gasteiger partial charge in [0, 0.05) is 17.7 Å². The molecule has 0 saturated heterocycles. The number of carbonyl (C=O) groups is 1. The predicted octanol–water partition coefficient (Wildman–Crippen LogP) is 3.44. The van der Waals surface area contributed by atoms with E-state index in [0.29, 0.717) is 13.0 Å². The lowest BCUT2D eigenvalue weighted by atomic mass is 10.1. The molecule has 0 aliphatic rings. The molecule has 2 rings (SSSR count). The van der Waals surface area contributed by atoms with Crippen molar-refractivity contribution in [1.29, 1.82) is 0 Å². The molecule has 0 atom stereocenters. The highest BCUT2D eigenvalue weighted by Crippen LogP contribution is 2.16. The first kappa shape index (κ1) is 13.1. The fraction of sp³-hybridized carbons (Fsp3) is 0.188. The molecule has 2 aromatic carbocycles. The van der Waals surface area contributed by atoms with Crippen LogP contribution in [0.1, 0.15) is 29.3 Å². The highest BCUT2D eigenvalue weighted by atomic mass is 16.5. The van der Waals surface area contributed by atoms with Crippen LogP contribution in [0.5, 0.6) is 5.75 Å². The molecule has 2 aromatic rings. The predicted molar refractivity (Wildman–Crippen MR) is 76.2 cm³/mol. The third-order valence-electron chi connectivity index (χ3n) is 2.85. The Labute approximate surface area is 113 Å². The first-order chi connectivity index (χ1) is 9.19. The number of anilines is 1. The van der Waals surface area contributed by atoms with E-state index in [-0.39, 0.29) is 5.78 Å². The molecule has 0 aromatic heterocycles. The molecule has 0 saturated carbocycles. The second-order valence-corrected chi connectivity index (χ2v) is 4.33. The van der Waals surface area contributed by atoms with E-state index in [9.17, 15) is 4.79 Å². The summed E-state index contributed by atoms with van der Waals surface area (Å²) in [5, 5.41) is 0. The second kappa shape index (κ2) is 6.05. The first-order valence-electron chi connectivity index (χ1n) is 6.29. The van der Waals surface area contributed by atoms with Gasteiger partial charge in [0.15, 0.2) is 5.78 Å². The molecule has 3 heteroatoms. The summed E-state index contributed by atoms with van der Waals surface area (Å²) in [7, 11) is 0. The number of hydrogen-bond acceptors (Lipinski definition) is 3. The number of carbonyl (C=O) groups excluding carboxylic acids is 1. The number of nitrogens with two attached hydrogens (primary N) is 1. The minimum atomic E-state index is 0.141. The highest BCUT2D eigenvalue weighted by molar-refractivity contribution is 5.95. The Hall–Kier alpha value is -2.29. The third kappa shape index (κ3) is 3.58. The van der Waals surface area contributed by atoms with Gasteiger partial charge in [-0.2, -0.15) is 0 Å². The van der Waals surface area contributed by atoms with Gasteiger partial charge < -0.3 is 10.5 Å². The van der Waals surface area contributed by atoms with Gasteiger partial charge in [-0.3, -0.25) is 4.79 Å². The van der Waals surface area contributed by atoms with Crippen molar-refractivity contribution in [2.75, 3.05) is 5.73 Å². The van der Waals surface area contributed by atoms with Gasteiger partial charge in [0.2, 0.25) is 0 Å². The Bertz CT molecular complexity index is 561. The highest BCUT2D eigenvalue weighted by Gasteiger charge is 2.03. The van der Waals surface area contributed by atoms with Crippen LogP contribution < -0.4 is 10.5 Å². The van der Waals surface area contributed by atoms with Crippen LogP contribution >= 0.6 is 0 Å². The third-order valence-corrected chi connectivity index (χ3v) is 2.85. The Morgan fingerprint density at radius 1 is 1.16 bits per heavy atom. The largest absolute Gasteiger partial charge is 0.489 e. The smallest absolute Gasteiger partial charge is 0.162 e. The van der Waals surface area contributed by atoms with Crippen LogP contribution in [-0.4, -0.2) is 5.78 Å². The van der Waals surface area contributed by atoms with Crippen molar-refractivity contribution in [3.05, 3.63) is 59.7 Å². The number of nitrogen functional groups attached to an aromatic ring is 1. The van der Waals surface area contributed by atoms with Crippen molar-refractivity contribution in [1.82, 2.24) is 0 Å². The van der Waals surface area contributed by atoms with E-state index >= 15 is 0 Å². The molecule has 98 valence electrons. The normalized spacial score (nSPS) is 10.2. The van der Waals surface area contributed by atoms with E-state index < -0.39 is 0 Å². The number of ketones is 1. The monoisotopic (exact) mass is 255 g/mol. The standard InChI is InChI=1S/C16H17NO2/c1-2-16(18)13-6-8-15(9-7-13)19-11-12-4-3-5-14(17)10-12/h3-10H,2,11,17H2,1H3. The molecule has 0 heterocycles. The Morgan fingerprint density at radius 3 is 2.53 bits per heavy atom. The molecule has 0 fully saturated rings. The van der Waals surface area contributed by atoms with Crippen molar-refractivity contribution in [2.24, 2.45) is 0 Å². The summed E-state index contributed by atoms with van der Waals surface area (Å²) >= 11 is 0. The van der Waals surface area contributed by atoms with Gasteiger partial charge in [0.05, 0.1) is 0 Å². The molecule has 3 nitrogen and oxygen atoms in total. The lowest BCUT2D eigenvalue weighted by Gasteiger charge is -2.07. The molecule has 0 unspecified atom stereocenters. The van der Waals surface area contributed by atoms with E-state index in [1.807, 2.05) is 43.3 Å². The molecule has 0 spiro atoms. The lowest BCUT2D eigenvalue weighted by molar-refractivity contribution is 0.0988. The molecule has 0 radical (unpaired) electrons. The van der Waals surface area contributed by atoms with E-state index in [1.54, 1.807) is 12.1 Å². The first-order valence-corrected chi connectivity index (χ1v) is 6.29. The van der Waals surface area contributed by atoms with Gasteiger partial charge in [0.1, 0.15) is 12.4 Å². The fourth-order valence-corrected chi connectivity index (χ4v) is 1.79. The molecule has 0 aliphatic heterocycles. The number of hydrogen-bond donors (Lipinski definition) is 1. The summed E-state index contributed by atoms with van der Waals surface area (Å²) in [5.41, 5.74) is 8.17. The SMILES string of the molecule is CCC(=O)c1ccc(OCc2cccc(N)c2)cc1. The molecule has 0 amide bonds. The fourth-order valence-electron chi connectivity index (χ4n) is 1.79. The number of Topliss-reactive ketones (excluding diaryl/α,β-unsaturated/α-hetero) is 1. The zero-order valence-corrected chi connectivity index (χ0v) is 10.9. The zero-order chi connectivity index (χ0) is 13.7. The van der Waals surface area contributed by atoms with Crippen LogP contribution in [0.3, 0.4) is 0 Å². The molecular weight excluding hydrogens is 238 g/mol. The maximum Gasteiger partial charge on any atom is 0.162 e. The van der Waals surface area contributed by atoms with E-state index in [0.717, 1.165) is 22.6 Å². The average molecular weight is 255 g/mol. The van der Waals surface area contributed by atoms with Crippen LogP contribution in [0.2, 0.25) is 0 Å². The summed E-state index contributed by atoms with van der Waals surface area (Å²) in [5.74, 6) is 0.887. The Kier molecular flexibility index (Phi) is 4.18. The van der Waals surface area contributed by atoms with E-state index in [4.69, 9.17) is 10.5 Å². The topological polar surface area (TPSA) is 52.3 Å². The van der Waals surface area contributed by atoms with E-state index in [2.05, 4.69) is 0 Å². The molecule has 2 N–H and O–H groups in total. The van der Waals surface area contributed by atoms with Crippen molar-refractivity contribution in [3.8, 4) is 5.75 Å². The van der Waals surface area contributed by atoms with Gasteiger partial charge in [-0.25, -0.2) is 0 Å². The second-order valence-electron chi connectivity index (χ2n) is 4.33. The minimum absolute atomic E-state index is 0.141. The quantitative estimate of drug-likeness (QED) is 0.657. The van der Waals surface area contributed by atoms with Gasteiger partial charge >= 0.3 is 0 Å². The summed E-state index contributed by atoms with van der Waals surface area (Å²) in [6, 6.07) is 14.8. The summed E-state index contributed by atoms with van der Waals surface area (Å²) < 4.78 is 5.65. The molecule has 19 heavy (non-hydrogen) atoms.